The molecule has 1 heteroatoms. The first-order chi connectivity index (χ1) is 9.85. The Labute approximate surface area is 122 Å². The van der Waals surface area contributed by atoms with Crippen molar-refractivity contribution in [3.63, 3.8) is 0 Å². The molecule has 1 radical (unpaired) electrons. The summed E-state index contributed by atoms with van der Waals surface area (Å²) in [5.74, 6) is 0. The van der Waals surface area contributed by atoms with Crippen molar-refractivity contribution in [2.75, 3.05) is 18.0 Å². The van der Waals surface area contributed by atoms with E-state index in [1.807, 2.05) is 0 Å². The highest BCUT2D eigenvalue weighted by Crippen LogP contribution is 2.42. The number of anilines is 1. The van der Waals surface area contributed by atoms with E-state index in [1.54, 1.807) is 0 Å². The molecule has 1 nitrogen and oxygen atoms in total. The first-order valence-corrected chi connectivity index (χ1v) is 7.67. The van der Waals surface area contributed by atoms with Crippen molar-refractivity contribution in [3.05, 3.63) is 60.0 Å². The number of hydrogen-bond acceptors (Lipinski definition) is 1. The maximum absolute atomic E-state index is 2.53. The minimum Gasteiger partial charge on any atom is -0.371 e. The molecule has 0 atom stereocenters. The zero-order valence-corrected chi connectivity index (χ0v) is 12.4. The van der Waals surface area contributed by atoms with Crippen LogP contribution in [0.15, 0.2) is 42.5 Å². The molecule has 103 valence electrons. The van der Waals surface area contributed by atoms with Crippen LogP contribution < -0.4 is 4.90 Å². The van der Waals surface area contributed by atoms with E-state index in [0.29, 0.717) is 0 Å². The van der Waals surface area contributed by atoms with Crippen LogP contribution in [0.4, 0.5) is 5.69 Å². The van der Waals surface area contributed by atoms with Crippen LogP contribution in [-0.4, -0.2) is 13.1 Å². The van der Waals surface area contributed by atoms with Crippen LogP contribution >= 0.6 is 0 Å². The summed E-state index contributed by atoms with van der Waals surface area (Å²) in [5, 5.41) is 0. The lowest BCUT2D eigenvalue weighted by Crippen LogP contribution is -2.25. The van der Waals surface area contributed by atoms with E-state index >= 15 is 0 Å². The van der Waals surface area contributed by atoms with Crippen LogP contribution in [0.25, 0.3) is 11.1 Å². The average Bonchev–Trinajstić information content (AvgIpc) is 2.85. The summed E-state index contributed by atoms with van der Waals surface area (Å²) in [7, 11) is 0. The molecule has 0 aliphatic heterocycles. The monoisotopic (exact) mass is 264 g/mol. The Morgan fingerprint density at radius 3 is 2.25 bits per heavy atom. The summed E-state index contributed by atoms with van der Waals surface area (Å²) >= 11 is 0. The molecular formula is C19H22N. The zero-order valence-electron chi connectivity index (χ0n) is 12.4. The fraction of sp³-hybridized carbons (Fsp3) is 0.316. The van der Waals surface area contributed by atoms with Crippen molar-refractivity contribution in [3.8, 4) is 11.1 Å². The van der Waals surface area contributed by atoms with Crippen LogP contribution in [0, 0.1) is 6.42 Å². The number of hydrogen-bond donors (Lipinski definition) is 0. The Bertz CT molecular complexity index is 594. The van der Waals surface area contributed by atoms with Gasteiger partial charge in [0.15, 0.2) is 0 Å². The maximum atomic E-state index is 2.53. The molecule has 0 spiro atoms. The number of rotatable bonds is 5. The maximum Gasteiger partial charge on any atom is 0.0411 e. The van der Waals surface area contributed by atoms with Crippen LogP contribution in [0.1, 0.15) is 37.8 Å². The quantitative estimate of drug-likeness (QED) is 0.634. The third-order valence-electron chi connectivity index (χ3n) is 3.96. The third-order valence-corrected chi connectivity index (χ3v) is 3.96. The third kappa shape index (κ3) is 2.22. The Kier molecular flexibility index (Phi) is 3.77. The normalized spacial score (nSPS) is 12.1. The molecule has 1 aliphatic carbocycles. The van der Waals surface area contributed by atoms with Crippen LogP contribution in [0.2, 0.25) is 0 Å². The fourth-order valence-corrected chi connectivity index (χ4v) is 3.13. The minimum atomic E-state index is 1.13. The van der Waals surface area contributed by atoms with Crippen molar-refractivity contribution < 1.29 is 0 Å². The largest absolute Gasteiger partial charge is 0.371 e. The average molecular weight is 264 g/mol. The molecule has 0 unspecified atom stereocenters. The Balaban J connectivity index is 2.04. The number of fused-ring (bicyclic) bond motifs is 3. The first-order valence-electron chi connectivity index (χ1n) is 7.67. The Hall–Kier alpha value is -1.76. The molecule has 0 aromatic heterocycles. The van der Waals surface area contributed by atoms with Gasteiger partial charge in [-0.25, -0.2) is 0 Å². The second kappa shape index (κ2) is 5.70. The van der Waals surface area contributed by atoms with Gasteiger partial charge in [0.2, 0.25) is 0 Å². The number of benzene rings is 2. The summed E-state index contributed by atoms with van der Waals surface area (Å²) in [6.45, 7) is 6.78. The van der Waals surface area contributed by atoms with E-state index in [9.17, 15) is 0 Å². The predicted octanol–water partition coefficient (Wildman–Crippen LogP) is 4.89. The molecule has 0 bridgehead atoms. The van der Waals surface area contributed by atoms with Crippen LogP contribution in [-0.2, 0) is 0 Å². The molecule has 0 fully saturated rings. The molecule has 0 amide bonds. The Morgan fingerprint density at radius 2 is 1.50 bits per heavy atom. The van der Waals surface area contributed by atoms with Gasteiger partial charge in [-0.15, -0.1) is 0 Å². The van der Waals surface area contributed by atoms with Gasteiger partial charge in [0, 0.05) is 25.2 Å². The summed E-state index contributed by atoms with van der Waals surface area (Å²) in [4.78, 5) is 2.53. The highest BCUT2D eigenvalue weighted by Gasteiger charge is 2.22. The predicted molar refractivity (Wildman–Crippen MR) is 87.2 cm³/mol. The van der Waals surface area contributed by atoms with Gasteiger partial charge in [0.25, 0.3) is 0 Å². The molecule has 20 heavy (non-hydrogen) atoms. The van der Waals surface area contributed by atoms with E-state index in [1.165, 1.54) is 40.8 Å². The second-order valence-electron chi connectivity index (χ2n) is 5.46. The second-order valence-corrected chi connectivity index (χ2v) is 5.46. The van der Waals surface area contributed by atoms with E-state index in [2.05, 4.69) is 67.6 Å². The molecule has 2 aromatic carbocycles. The lowest BCUT2D eigenvalue weighted by Gasteiger charge is -2.26. The minimum absolute atomic E-state index is 1.13. The lowest BCUT2D eigenvalue weighted by molar-refractivity contribution is 0.744. The summed E-state index contributed by atoms with van der Waals surface area (Å²) in [6, 6.07) is 15.4. The van der Waals surface area contributed by atoms with Crippen molar-refractivity contribution in [1.29, 1.82) is 0 Å². The van der Waals surface area contributed by atoms with Crippen molar-refractivity contribution in [1.82, 2.24) is 0 Å². The van der Waals surface area contributed by atoms with Crippen LogP contribution in [0.5, 0.6) is 0 Å². The summed E-state index contributed by atoms with van der Waals surface area (Å²) < 4.78 is 0. The highest BCUT2D eigenvalue weighted by atomic mass is 15.1. The smallest absolute Gasteiger partial charge is 0.0411 e. The van der Waals surface area contributed by atoms with Crippen molar-refractivity contribution in [2.24, 2.45) is 0 Å². The van der Waals surface area contributed by atoms with Gasteiger partial charge >= 0.3 is 0 Å². The van der Waals surface area contributed by atoms with E-state index in [4.69, 9.17) is 0 Å². The molecule has 0 saturated heterocycles. The SMILES string of the molecule is CCCN(CCC)c1cccc2c1[CH]c1ccccc1-2. The van der Waals surface area contributed by atoms with E-state index in [-0.39, 0.29) is 0 Å². The molecular weight excluding hydrogens is 242 g/mol. The van der Waals surface area contributed by atoms with Crippen LogP contribution in [0.3, 0.4) is 0 Å². The first kappa shape index (κ1) is 13.2. The van der Waals surface area contributed by atoms with Gasteiger partial charge < -0.3 is 4.90 Å². The highest BCUT2D eigenvalue weighted by molar-refractivity contribution is 5.86. The standard InChI is InChI=1S/C19H22N/c1-3-12-20(13-4-2)19-11-7-10-17-16-9-6-5-8-15(16)14-18(17)19/h5-11,14H,3-4,12-13H2,1-2H3. The molecule has 0 heterocycles. The molecule has 2 aromatic rings. The van der Waals surface area contributed by atoms with E-state index in [0.717, 1.165) is 13.1 Å². The molecule has 1 aliphatic rings. The van der Waals surface area contributed by atoms with E-state index < -0.39 is 0 Å². The Morgan fingerprint density at radius 1 is 0.800 bits per heavy atom. The van der Waals surface area contributed by atoms with Gasteiger partial charge in [-0.2, -0.15) is 0 Å². The topological polar surface area (TPSA) is 3.24 Å². The van der Waals surface area contributed by atoms with Gasteiger partial charge in [-0.3, -0.25) is 0 Å². The summed E-state index contributed by atoms with van der Waals surface area (Å²) in [5.41, 5.74) is 6.90. The van der Waals surface area contributed by atoms with Crippen molar-refractivity contribution in [2.45, 2.75) is 26.7 Å². The van der Waals surface area contributed by atoms with Gasteiger partial charge in [0.05, 0.1) is 0 Å². The molecule has 0 saturated carbocycles. The van der Waals surface area contributed by atoms with Crippen molar-refractivity contribution >= 4 is 5.69 Å². The number of nitrogens with zero attached hydrogens (tertiary/aromatic N) is 1. The summed E-state index contributed by atoms with van der Waals surface area (Å²) in [6.07, 6.45) is 4.73. The molecule has 3 rings (SSSR count). The lowest BCUT2D eigenvalue weighted by atomic mass is 10.0. The van der Waals surface area contributed by atoms with Gasteiger partial charge in [-0.1, -0.05) is 50.2 Å². The fourth-order valence-electron chi connectivity index (χ4n) is 3.13. The molecule has 0 N–H and O–H groups in total. The zero-order chi connectivity index (χ0) is 13.9. The van der Waals surface area contributed by atoms with Gasteiger partial charge in [-0.05, 0) is 41.2 Å². The van der Waals surface area contributed by atoms with Gasteiger partial charge in [0.1, 0.15) is 0 Å².